The zero-order valence-corrected chi connectivity index (χ0v) is 15.3. The first-order valence-electron chi connectivity index (χ1n) is 9.02. The van der Waals surface area contributed by atoms with Crippen molar-refractivity contribution in [3.8, 4) is 17.2 Å². The van der Waals surface area contributed by atoms with Gasteiger partial charge in [0.15, 0.2) is 5.76 Å². The van der Waals surface area contributed by atoms with Crippen molar-refractivity contribution in [1.82, 2.24) is 4.57 Å². The summed E-state index contributed by atoms with van der Waals surface area (Å²) in [5, 5.41) is 20.6. The van der Waals surface area contributed by atoms with Crippen molar-refractivity contribution in [3.63, 3.8) is 0 Å². The first-order chi connectivity index (χ1) is 12.9. The van der Waals surface area contributed by atoms with Crippen molar-refractivity contribution in [3.05, 3.63) is 59.5 Å². The number of carbonyl (C=O) groups is 1. The van der Waals surface area contributed by atoms with Crippen LogP contribution in [0, 0.1) is 5.92 Å². The largest absolute Gasteiger partial charge is 0.508 e. The van der Waals surface area contributed by atoms with Crippen LogP contribution in [-0.4, -0.2) is 20.6 Å². The van der Waals surface area contributed by atoms with Gasteiger partial charge in [0.2, 0.25) is 5.78 Å². The number of rotatable bonds is 4. The average molecular weight is 363 g/mol. The van der Waals surface area contributed by atoms with Crippen LogP contribution in [0.25, 0.3) is 17.0 Å². The van der Waals surface area contributed by atoms with Gasteiger partial charge in [-0.3, -0.25) is 4.79 Å². The Labute approximate surface area is 157 Å². The quantitative estimate of drug-likeness (QED) is 0.658. The summed E-state index contributed by atoms with van der Waals surface area (Å²) in [6, 6.07) is 10.5. The predicted octanol–water partition coefficient (Wildman–Crippen LogP) is 4.71. The van der Waals surface area contributed by atoms with Gasteiger partial charge in [0.1, 0.15) is 22.8 Å². The topological polar surface area (TPSA) is 71.7 Å². The molecule has 1 aliphatic rings. The zero-order chi connectivity index (χ0) is 19.1. The molecule has 3 aromatic rings. The molecule has 0 bridgehead atoms. The number of allylic oxidation sites excluding steroid dienone is 1. The number of para-hydroxylation sites is 1. The van der Waals surface area contributed by atoms with Crippen molar-refractivity contribution in [2.45, 2.75) is 26.8 Å². The summed E-state index contributed by atoms with van der Waals surface area (Å²) in [5.41, 5.74) is 2.07. The molecule has 0 spiro atoms. The molecule has 1 aliphatic heterocycles. The molecule has 0 saturated carbocycles. The number of nitrogens with zero attached hydrogens (tertiary/aromatic N) is 1. The van der Waals surface area contributed by atoms with E-state index in [-0.39, 0.29) is 34.4 Å². The van der Waals surface area contributed by atoms with Crippen LogP contribution in [0.5, 0.6) is 17.2 Å². The molecule has 138 valence electrons. The van der Waals surface area contributed by atoms with Crippen molar-refractivity contribution in [1.29, 1.82) is 0 Å². The molecule has 5 nitrogen and oxygen atoms in total. The predicted molar refractivity (Wildman–Crippen MR) is 104 cm³/mol. The Morgan fingerprint density at radius 1 is 1.19 bits per heavy atom. The van der Waals surface area contributed by atoms with E-state index < -0.39 is 0 Å². The Balaban J connectivity index is 1.76. The van der Waals surface area contributed by atoms with Gasteiger partial charge in [0, 0.05) is 41.3 Å². The number of aryl methyl sites for hydroxylation is 1. The maximum atomic E-state index is 12.6. The molecular weight excluding hydrogens is 342 g/mol. The monoisotopic (exact) mass is 363 g/mol. The minimum absolute atomic E-state index is 0.0857. The van der Waals surface area contributed by atoms with Crippen molar-refractivity contribution < 1.29 is 19.7 Å². The minimum Gasteiger partial charge on any atom is -0.508 e. The first kappa shape index (κ1) is 17.2. The lowest BCUT2D eigenvalue weighted by Crippen LogP contribution is -2.00. The number of phenols is 2. The fraction of sp³-hybridized carbons (Fsp3) is 0.227. The Bertz CT molecular complexity index is 1080. The summed E-state index contributed by atoms with van der Waals surface area (Å²) in [6.45, 7) is 5.28. The zero-order valence-electron chi connectivity index (χ0n) is 15.3. The van der Waals surface area contributed by atoms with Crippen LogP contribution in [0.1, 0.15) is 36.2 Å². The number of phenolic OH excluding ortho intramolecular Hbond substituents is 2. The fourth-order valence-electron chi connectivity index (χ4n) is 3.39. The van der Waals surface area contributed by atoms with Crippen molar-refractivity contribution in [2.75, 3.05) is 0 Å². The number of aromatic nitrogens is 1. The van der Waals surface area contributed by atoms with Gasteiger partial charge in [-0.2, -0.15) is 0 Å². The van der Waals surface area contributed by atoms with E-state index in [9.17, 15) is 15.0 Å². The third-order valence-electron chi connectivity index (χ3n) is 4.79. The summed E-state index contributed by atoms with van der Waals surface area (Å²) in [7, 11) is 0. The number of carbonyl (C=O) groups excluding carboxylic acids is 1. The Hall–Kier alpha value is -3.21. The summed E-state index contributed by atoms with van der Waals surface area (Å²) in [4.78, 5) is 12.6. The molecule has 2 aromatic carbocycles. The normalized spacial score (nSPS) is 14.9. The number of fused-ring (bicyclic) bond motifs is 2. The van der Waals surface area contributed by atoms with E-state index >= 15 is 0 Å². The molecule has 0 aliphatic carbocycles. The second-order valence-corrected chi connectivity index (χ2v) is 7.26. The van der Waals surface area contributed by atoms with Crippen LogP contribution in [0.3, 0.4) is 0 Å². The Morgan fingerprint density at radius 2 is 1.96 bits per heavy atom. The third kappa shape index (κ3) is 3.05. The molecule has 0 atom stereocenters. The average Bonchev–Trinajstić information content (AvgIpc) is 3.12. The Kier molecular flexibility index (Phi) is 4.15. The molecular formula is C22H21NO4. The first-order valence-corrected chi connectivity index (χ1v) is 9.02. The van der Waals surface area contributed by atoms with Gasteiger partial charge in [-0.1, -0.05) is 32.0 Å². The highest BCUT2D eigenvalue weighted by Crippen LogP contribution is 2.41. The van der Waals surface area contributed by atoms with Crippen molar-refractivity contribution >= 4 is 22.8 Å². The second-order valence-electron chi connectivity index (χ2n) is 7.26. The van der Waals surface area contributed by atoms with E-state index in [0.29, 0.717) is 5.92 Å². The van der Waals surface area contributed by atoms with Gasteiger partial charge in [-0.05, 0) is 24.5 Å². The fourth-order valence-corrected chi connectivity index (χ4v) is 3.39. The molecule has 2 N–H and O–H groups in total. The van der Waals surface area contributed by atoms with Crippen LogP contribution in [0.2, 0.25) is 0 Å². The van der Waals surface area contributed by atoms with Crippen LogP contribution in [0.15, 0.2) is 48.4 Å². The third-order valence-corrected chi connectivity index (χ3v) is 4.79. The number of aromatic hydroxyl groups is 2. The number of hydrogen-bond donors (Lipinski definition) is 2. The standard InChI is InChI=1S/C22H21NO4/c1-13(2)7-8-23-12-14(16-5-3-4-6-17(16)23)9-20-22(26)21-18(25)10-15(24)11-19(21)27-20/h3-6,9-13,24-25H,7-8H2,1-2H3/b20-9-. The highest BCUT2D eigenvalue weighted by molar-refractivity contribution is 6.16. The number of Topliss-reactive ketones (excluding diaryl/α,β-unsaturated/α-hetero) is 1. The lowest BCUT2D eigenvalue weighted by atomic mass is 10.1. The van der Waals surface area contributed by atoms with Crippen LogP contribution in [0.4, 0.5) is 0 Å². The van der Waals surface area contributed by atoms with Crippen LogP contribution < -0.4 is 4.74 Å². The molecule has 0 amide bonds. The van der Waals surface area contributed by atoms with Gasteiger partial charge >= 0.3 is 0 Å². The SMILES string of the molecule is CC(C)CCn1cc(/C=C2\Oc3cc(O)cc(O)c3C2=O)c2ccccc21. The summed E-state index contributed by atoms with van der Waals surface area (Å²) in [5.74, 6) is 0.0904. The molecule has 0 unspecified atom stereocenters. The maximum Gasteiger partial charge on any atom is 0.235 e. The number of ketones is 1. The van der Waals surface area contributed by atoms with Gasteiger partial charge in [-0.15, -0.1) is 0 Å². The van der Waals surface area contributed by atoms with E-state index in [2.05, 4.69) is 24.5 Å². The van der Waals surface area contributed by atoms with Crippen molar-refractivity contribution in [2.24, 2.45) is 5.92 Å². The van der Waals surface area contributed by atoms with Gasteiger partial charge in [0.05, 0.1) is 0 Å². The van der Waals surface area contributed by atoms with Gasteiger partial charge in [-0.25, -0.2) is 0 Å². The van der Waals surface area contributed by atoms with Crippen LogP contribution in [-0.2, 0) is 6.54 Å². The second kappa shape index (κ2) is 6.50. The summed E-state index contributed by atoms with van der Waals surface area (Å²) < 4.78 is 7.82. The Morgan fingerprint density at radius 3 is 2.74 bits per heavy atom. The highest BCUT2D eigenvalue weighted by atomic mass is 16.5. The van der Waals surface area contributed by atoms with Gasteiger partial charge < -0.3 is 19.5 Å². The van der Waals surface area contributed by atoms with Crippen LogP contribution >= 0.6 is 0 Å². The van der Waals surface area contributed by atoms with E-state index in [1.807, 2.05) is 24.4 Å². The van der Waals surface area contributed by atoms with Gasteiger partial charge in [0.25, 0.3) is 0 Å². The maximum absolute atomic E-state index is 12.6. The van der Waals surface area contributed by atoms with E-state index in [1.165, 1.54) is 6.07 Å². The number of benzene rings is 2. The summed E-state index contributed by atoms with van der Waals surface area (Å²) >= 11 is 0. The smallest absolute Gasteiger partial charge is 0.235 e. The molecule has 4 rings (SSSR count). The molecule has 5 heteroatoms. The molecule has 0 fully saturated rings. The highest BCUT2D eigenvalue weighted by Gasteiger charge is 2.31. The van der Waals surface area contributed by atoms with E-state index in [0.717, 1.165) is 35.5 Å². The summed E-state index contributed by atoms with van der Waals surface area (Å²) in [6.07, 6.45) is 4.78. The number of ether oxygens (including phenoxy) is 1. The molecule has 27 heavy (non-hydrogen) atoms. The molecule has 2 heterocycles. The molecule has 1 aromatic heterocycles. The minimum atomic E-state index is -0.387. The number of hydrogen-bond acceptors (Lipinski definition) is 4. The van der Waals surface area contributed by atoms with E-state index in [1.54, 1.807) is 6.08 Å². The molecule has 0 radical (unpaired) electrons. The lowest BCUT2D eigenvalue weighted by molar-refractivity contribution is 0.101. The van der Waals surface area contributed by atoms with E-state index in [4.69, 9.17) is 4.74 Å². The molecule has 0 saturated heterocycles. The lowest BCUT2D eigenvalue weighted by Gasteiger charge is -2.07.